The van der Waals surface area contributed by atoms with Crippen LogP contribution in [0.25, 0.3) is 0 Å². The SMILES string of the molecule is CCCNC1=CC(C)=C=C(C)C=CC1C. The molecule has 1 atom stereocenters. The van der Waals surface area contributed by atoms with Crippen LogP contribution in [0.4, 0.5) is 0 Å². The van der Waals surface area contributed by atoms with Crippen molar-refractivity contribution in [1.29, 1.82) is 0 Å². The van der Waals surface area contributed by atoms with Gasteiger partial charge >= 0.3 is 0 Å². The van der Waals surface area contributed by atoms with E-state index in [2.05, 4.69) is 57.0 Å². The van der Waals surface area contributed by atoms with Crippen molar-refractivity contribution < 1.29 is 0 Å². The number of hydrogen-bond acceptors (Lipinski definition) is 1. The lowest BCUT2D eigenvalue weighted by atomic mass is 10.0. The molecule has 0 saturated heterocycles. The maximum atomic E-state index is 3.47. The fourth-order valence-electron chi connectivity index (χ4n) is 1.63. The zero-order valence-electron chi connectivity index (χ0n) is 10.2. The topological polar surface area (TPSA) is 12.0 Å². The first kappa shape index (κ1) is 11.9. The molecule has 1 aliphatic rings. The first-order valence-corrected chi connectivity index (χ1v) is 5.71. The van der Waals surface area contributed by atoms with Crippen LogP contribution in [0.1, 0.15) is 34.1 Å². The normalized spacial score (nSPS) is 21.1. The van der Waals surface area contributed by atoms with Gasteiger partial charge in [-0.3, -0.25) is 0 Å². The van der Waals surface area contributed by atoms with Crippen molar-refractivity contribution in [3.63, 3.8) is 0 Å². The van der Waals surface area contributed by atoms with Gasteiger partial charge in [-0.2, -0.15) is 0 Å². The highest BCUT2D eigenvalue weighted by atomic mass is 14.9. The van der Waals surface area contributed by atoms with Gasteiger partial charge in [0.1, 0.15) is 0 Å². The molecule has 0 bridgehead atoms. The molecule has 0 fully saturated rings. The lowest BCUT2D eigenvalue weighted by Crippen LogP contribution is -2.19. The zero-order chi connectivity index (χ0) is 11.3. The van der Waals surface area contributed by atoms with Gasteiger partial charge in [0.05, 0.1) is 0 Å². The predicted octanol–water partition coefficient (Wildman–Crippen LogP) is 3.57. The maximum Gasteiger partial charge on any atom is 0.0183 e. The van der Waals surface area contributed by atoms with Crippen LogP contribution in [0.2, 0.25) is 0 Å². The van der Waals surface area contributed by atoms with E-state index in [1.807, 2.05) is 0 Å². The fourth-order valence-corrected chi connectivity index (χ4v) is 1.63. The van der Waals surface area contributed by atoms with Crippen molar-refractivity contribution in [3.8, 4) is 0 Å². The molecule has 0 aliphatic heterocycles. The van der Waals surface area contributed by atoms with Crippen LogP contribution < -0.4 is 5.32 Å². The van der Waals surface area contributed by atoms with Gasteiger partial charge in [0.2, 0.25) is 0 Å². The van der Waals surface area contributed by atoms with Crippen LogP contribution in [0.3, 0.4) is 0 Å². The molecule has 1 rings (SSSR count). The van der Waals surface area contributed by atoms with E-state index in [0.717, 1.165) is 13.0 Å². The average Bonchev–Trinajstić information content (AvgIpc) is 2.19. The Hall–Kier alpha value is -1.20. The molecule has 0 aromatic carbocycles. The molecule has 0 radical (unpaired) electrons. The Labute approximate surface area is 93.3 Å². The lowest BCUT2D eigenvalue weighted by molar-refractivity contribution is 0.682. The van der Waals surface area contributed by atoms with Crippen molar-refractivity contribution in [2.75, 3.05) is 6.54 Å². The van der Waals surface area contributed by atoms with Crippen molar-refractivity contribution in [2.45, 2.75) is 34.1 Å². The first-order chi connectivity index (χ1) is 7.13. The molecular formula is C14H21N. The molecular weight excluding hydrogens is 182 g/mol. The number of allylic oxidation sites excluding steroid dienone is 4. The highest BCUT2D eigenvalue weighted by molar-refractivity contribution is 5.31. The molecule has 1 nitrogen and oxygen atoms in total. The van der Waals surface area contributed by atoms with Gasteiger partial charge in [0.15, 0.2) is 0 Å². The minimum atomic E-state index is 0.462. The van der Waals surface area contributed by atoms with Crippen molar-refractivity contribution in [2.24, 2.45) is 5.92 Å². The average molecular weight is 203 g/mol. The minimum absolute atomic E-state index is 0.462. The maximum absolute atomic E-state index is 3.47. The molecule has 0 aromatic rings. The van der Waals surface area contributed by atoms with Crippen molar-refractivity contribution in [1.82, 2.24) is 5.32 Å². The molecule has 1 heteroatoms. The van der Waals surface area contributed by atoms with Crippen LogP contribution in [-0.4, -0.2) is 6.54 Å². The summed E-state index contributed by atoms with van der Waals surface area (Å²) in [5, 5.41) is 3.47. The molecule has 82 valence electrons. The molecule has 1 unspecified atom stereocenters. The van der Waals surface area contributed by atoms with Crippen LogP contribution in [0.5, 0.6) is 0 Å². The Kier molecular flexibility index (Phi) is 4.45. The molecule has 0 heterocycles. The Morgan fingerprint density at radius 3 is 2.73 bits per heavy atom. The van der Waals surface area contributed by atoms with Gasteiger partial charge in [-0.25, -0.2) is 0 Å². The summed E-state index contributed by atoms with van der Waals surface area (Å²) in [7, 11) is 0. The summed E-state index contributed by atoms with van der Waals surface area (Å²) in [5.41, 5.74) is 7.03. The summed E-state index contributed by atoms with van der Waals surface area (Å²) in [6.07, 6.45) is 7.73. The quantitative estimate of drug-likeness (QED) is 0.691. The smallest absolute Gasteiger partial charge is 0.0183 e. The van der Waals surface area contributed by atoms with Crippen LogP contribution >= 0.6 is 0 Å². The van der Waals surface area contributed by atoms with Gasteiger partial charge in [-0.05, 0) is 37.5 Å². The summed E-state index contributed by atoms with van der Waals surface area (Å²) in [6.45, 7) is 9.63. The highest BCUT2D eigenvalue weighted by Gasteiger charge is 2.05. The minimum Gasteiger partial charge on any atom is -0.388 e. The molecule has 0 saturated carbocycles. The summed E-state index contributed by atoms with van der Waals surface area (Å²) in [5.74, 6) is 0.462. The van der Waals surface area contributed by atoms with E-state index >= 15 is 0 Å². The van der Waals surface area contributed by atoms with Gasteiger partial charge in [0, 0.05) is 18.2 Å². The molecule has 1 aliphatic carbocycles. The van der Waals surface area contributed by atoms with Gasteiger partial charge in [-0.1, -0.05) is 26.0 Å². The van der Waals surface area contributed by atoms with Gasteiger partial charge in [0.25, 0.3) is 0 Å². The van der Waals surface area contributed by atoms with E-state index in [1.165, 1.54) is 16.8 Å². The third-order valence-corrected chi connectivity index (χ3v) is 2.47. The Balaban J connectivity index is 2.94. The molecule has 0 amide bonds. The molecule has 0 aromatic heterocycles. The van der Waals surface area contributed by atoms with E-state index in [9.17, 15) is 0 Å². The zero-order valence-corrected chi connectivity index (χ0v) is 10.2. The van der Waals surface area contributed by atoms with Gasteiger partial charge in [-0.15, -0.1) is 5.73 Å². The van der Waals surface area contributed by atoms with Crippen LogP contribution in [0.15, 0.2) is 40.8 Å². The Bertz CT molecular complexity index is 338. The van der Waals surface area contributed by atoms with E-state index in [-0.39, 0.29) is 0 Å². The number of nitrogens with one attached hydrogen (secondary N) is 1. The molecule has 1 N–H and O–H groups in total. The Morgan fingerprint density at radius 2 is 2.07 bits per heavy atom. The second-order valence-electron chi connectivity index (χ2n) is 4.17. The summed E-state index contributed by atoms with van der Waals surface area (Å²) >= 11 is 0. The number of hydrogen-bond donors (Lipinski definition) is 1. The number of rotatable bonds is 3. The second-order valence-corrected chi connectivity index (χ2v) is 4.17. The molecule has 15 heavy (non-hydrogen) atoms. The van der Waals surface area contributed by atoms with E-state index in [1.54, 1.807) is 0 Å². The van der Waals surface area contributed by atoms with Crippen LogP contribution in [-0.2, 0) is 0 Å². The second kappa shape index (κ2) is 5.63. The highest BCUT2D eigenvalue weighted by Crippen LogP contribution is 2.15. The predicted molar refractivity (Wildman–Crippen MR) is 66.6 cm³/mol. The van der Waals surface area contributed by atoms with E-state index < -0.39 is 0 Å². The van der Waals surface area contributed by atoms with E-state index in [0.29, 0.717) is 5.92 Å². The Morgan fingerprint density at radius 1 is 1.33 bits per heavy atom. The standard InChI is InChI=1S/C14H21N/c1-5-8-15-14-10-12(3)9-11(2)6-7-13(14)4/h6-7,10,13,15H,5,8H2,1-4H3. The largest absolute Gasteiger partial charge is 0.388 e. The van der Waals surface area contributed by atoms with Crippen molar-refractivity contribution in [3.05, 3.63) is 40.8 Å². The monoisotopic (exact) mass is 203 g/mol. The first-order valence-electron chi connectivity index (χ1n) is 5.71. The third kappa shape index (κ3) is 3.81. The van der Waals surface area contributed by atoms with Crippen LogP contribution in [0, 0.1) is 5.92 Å². The summed E-state index contributed by atoms with van der Waals surface area (Å²) in [6, 6.07) is 0. The fraction of sp³-hybridized carbons (Fsp3) is 0.500. The lowest BCUT2D eigenvalue weighted by Gasteiger charge is -2.16. The third-order valence-electron chi connectivity index (χ3n) is 2.47. The summed E-state index contributed by atoms with van der Waals surface area (Å²) < 4.78 is 0. The summed E-state index contributed by atoms with van der Waals surface area (Å²) in [4.78, 5) is 0. The molecule has 0 spiro atoms. The van der Waals surface area contributed by atoms with E-state index in [4.69, 9.17) is 0 Å². The van der Waals surface area contributed by atoms with Crippen molar-refractivity contribution >= 4 is 0 Å². The van der Waals surface area contributed by atoms with Gasteiger partial charge < -0.3 is 5.32 Å².